The Hall–Kier alpha value is -0.850. The van der Waals surface area contributed by atoms with Crippen molar-refractivity contribution in [3.63, 3.8) is 0 Å². The van der Waals surface area contributed by atoms with Crippen LogP contribution in [0, 0.1) is 0 Å². The average molecular weight is 175 g/mol. The molecule has 0 amide bonds. The van der Waals surface area contributed by atoms with Gasteiger partial charge in [-0.3, -0.25) is 0 Å². The van der Waals surface area contributed by atoms with E-state index >= 15 is 0 Å². The van der Waals surface area contributed by atoms with Crippen LogP contribution >= 0.6 is 0 Å². The Kier molecular flexibility index (Phi) is 2.85. The van der Waals surface area contributed by atoms with Crippen molar-refractivity contribution in [3.8, 4) is 0 Å². The number of aliphatic hydroxyl groups excluding tert-OH is 3. The van der Waals surface area contributed by atoms with E-state index in [0.29, 0.717) is 0 Å². The minimum Gasteiger partial charge on any atom is -0.387 e. The van der Waals surface area contributed by atoms with Crippen LogP contribution in [0.5, 0.6) is 0 Å². The largest absolute Gasteiger partial charge is 0.387 e. The van der Waals surface area contributed by atoms with Gasteiger partial charge in [0.15, 0.2) is 6.29 Å². The van der Waals surface area contributed by atoms with Gasteiger partial charge in [-0.1, -0.05) is 5.11 Å². The molecule has 0 aromatic heterocycles. The fourth-order valence-electron chi connectivity index (χ4n) is 0.997. The van der Waals surface area contributed by atoms with Crippen LogP contribution < -0.4 is 0 Å². The third kappa shape index (κ3) is 1.66. The minimum atomic E-state index is -1.40. The highest BCUT2D eigenvalue weighted by Crippen LogP contribution is 2.19. The second kappa shape index (κ2) is 3.70. The molecule has 7 nitrogen and oxygen atoms in total. The van der Waals surface area contributed by atoms with Gasteiger partial charge in [0.1, 0.15) is 12.2 Å². The van der Waals surface area contributed by atoms with Gasteiger partial charge in [-0.25, -0.2) is 0 Å². The fourth-order valence-corrected chi connectivity index (χ4v) is 0.997. The molecule has 1 fully saturated rings. The lowest BCUT2D eigenvalue weighted by atomic mass is 10.1. The molecule has 1 aliphatic rings. The topological polar surface area (TPSA) is 119 Å². The first-order valence-electron chi connectivity index (χ1n) is 3.37. The minimum absolute atomic E-state index is 0.105. The second-order valence-corrected chi connectivity index (χ2v) is 2.46. The van der Waals surface area contributed by atoms with Gasteiger partial charge in [-0.15, -0.1) is 0 Å². The Bertz CT molecular complexity index is 205. The summed E-state index contributed by atoms with van der Waals surface area (Å²) >= 11 is 0. The highest BCUT2D eigenvalue weighted by atomic mass is 16.6. The molecule has 0 radical (unpaired) electrons. The van der Waals surface area contributed by atoms with Gasteiger partial charge in [0, 0.05) is 4.91 Å². The van der Waals surface area contributed by atoms with Gasteiger partial charge in [-0.2, -0.15) is 0 Å². The molecule has 1 saturated heterocycles. The van der Waals surface area contributed by atoms with E-state index in [1.54, 1.807) is 0 Å². The molecule has 68 valence electrons. The molecule has 0 spiro atoms. The number of ether oxygens (including phenoxy) is 1. The predicted octanol–water partition coefficient (Wildman–Crippen LogP) is -1.26. The van der Waals surface area contributed by atoms with Crippen LogP contribution in [0.15, 0.2) is 5.11 Å². The molecule has 0 aromatic rings. The molecule has 0 aromatic carbocycles. The van der Waals surface area contributed by atoms with Crippen molar-refractivity contribution in [1.82, 2.24) is 0 Å². The molecular formula is C5H9N3O4. The van der Waals surface area contributed by atoms with Crippen LogP contribution in [0.3, 0.4) is 0 Å². The molecule has 0 bridgehead atoms. The molecule has 7 heteroatoms. The zero-order valence-electron chi connectivity index (χ0n) is 6.11. The Morgan fingerprint density at radius 1 is 1.33 bits per heavy atom. The summed E-state index contributed by atoms with van der Waals surface area (Å²) in [6.45, 7) is -0.105. The summed E-state index contributed by atoms with van der Waals surface area (Å²) in [5, 5.41) is 30.1. The zero-order valence-corrected chi connectivity index (χ0v) is 6.11. The lowest BCUT2D eigenvalue weighted by Crippen LogP contribution is -2.33. The smallest absolute Gasteiger partial charge is 0.183 e. The highest BCUT2D eigenvalue weighted by molar-refractivity contribution is 4.86. The molecule has 12 heavy (non-hydrogen) atoms. The standard InChI is InChI=1S/C5H9N3O4/c6-8-7-1-2-3(9)4(10)5(11)12-2/h2-5,9-11H,1H2/t2-,3+,4-,5?/m1/s1. The first-order chi connectivity index (χ1) is 5.66. The number of hydrogen-bond donors (Lipinski definition) is 3. The maximum atomic E-state index is 9.14. The maximum Gasteiger partial charge on any atom is 0.183 e. The first kappa shape index (κ1) is 9.24. The summed E-state index contributed by atoms with van der Waals surface area (Å²) in [6.07, 6.45) is -4.76. The molecule has 1 aliphatic heterocycles. The van der Waals surface area contributed by atoms with Crippen LogP contribution in [0.2, 0.25) is 0 Å². The van der Waals surface area contributed by atoms with E-state index in [9.17, 15) is 0 Å². The van der Waals surface area contributed by atoms with Gasteiger partial charge in [0.05, 0.1) is 12.6 Å². The predicted molar refractivity (Wildman–Crippen MR) is 36.9 cm³/mol. The van der Waals surface area contributed by atoms with Crippen molar-refractivity contribution < 1.29 is 20.1 Å². The van der Waals surface area contributed by atoms with Gasteiger partial charge < -0.3 is 20.1 Å². The van der Waals surface area contributed by atoms with Crippen LogP contribution in [-0.2, 0) is 4.74 Å². The van der Waals surface area contributed by atoms with Gasteiger partial charge in [0.25, 0.3) is 0 Å². The molecule has 0 saturated carbocycles. The van der Waals surface area contributed by atoms with Crippen LogP contribution in [-0.4, -0.2) is 46.5 Å². The molecule has 1 rings (SSSR count). The molecular weight excluding hydrogens is 166 g/mol. The first-order valence-corrected chi connectivity index (χ1v) is 3.37. The zero-order chi connectivity index (χ0) is 9.14. The van der Waals surface area contributed by atoms with Gasteiger partial charge in [0.2, 0.25) is 0 Å². The van der Waals surface area contributed by atoms with Gasteiger partial charge >= 0.3 is 0 Å². The highest BCUT2D eigenvalue weighted by Gasteiger charge is 2.41. The van der Waals surface area contributed by atoms with Crippen LogP contribution in [0.1, 0.15) is 0 Å². The summed E-state index contributed by atoms with van der Waals surface area (Å²) in [6, 6.07) is 0. The van der Waals surface area contributed by atoms with E-state index in [0.717, 1.165) is 0 Å². The fraction of sp³-hybridized carbons (Fsp3) is 1.00. The molecule has 0 aliphatic carbocycles. The summed E-state index contributed by atoms with van der Waals surface area (Å²) in [7, 11) is 0. The Morgan fingerprint density at radius 2 is 2.00 bits per heavy atom. The van der Waals surface area contributed by atoms with E-state index in [1.165, 1.54) is 0 Å². The summed E-state index contributed by atoms with van der Waals surface area (Å²) in [5.41, 5.74) is 7.94. The number of azide groups is 1. The van der Waals surface area contributed by atoms with E-state index in [1.807, 2.05) is 0 Å². The van der Waals surface area contributed by atoms with Crippen molar-refractivity contribution in [2.75, 3.05) is 6.54 Å². The molecule has 1 heterocycles. The van der Waals surface area contributed by atoms with Crippen molar-refractivity contribution in [1.29, 1.82) is 0 Å². The van der Waals surface area contributed by atoms with Crippen molar-refractivity contribution in [2.24, 2.45) is 5.11 Å². The summed E-state index contributed by atoms with van der Waals surface area (Å²) < 4.78 is 4.68. The van der Waals surface area contributed by atoms with E-state index < -0.39 is 24.6 Å². The lowest BCUT2D eigenvalue weighted by molar-refractivity contribution is -0.125. The van der Waals surface area contributed by atoms with Gasteiger partial charge in [-0.05, 0) is 5.53 Å². The average Bonchev–Trinajstić information content (AvgIpc) is 2.30. The van der Waals surface area contributed by atoms with E-state index in [4.69, 9.17) is 20.9 Å². The number of rotatable bonds is 2. The van der Waals surface area contributed by atoms with E-state index in [2.05, 4.69) is 14.8 Å². The molecule has 3 N–H and O–H groups in total. The number of nitrogens with zero attached hydrogens (tertiary/aromatic N) is 3. The number of aliphatic hydroxyl groups is 3. The Morgan fingerprint density at radius 3 is 2.42 bits per heavy atom. The Labute approximate surface area is 67.8 Å². The second-order valence-electron chi connectivity index (χ2n) is 2.46. The Balaban J connectivity index is 2.52. The van der Waals surface area contributed by atoms with Crippen molar-refractivity contribution in [3.05, 3.63) is 10.4 Å². The van der Waals surface area contributed by atoms with E-state index in [-0.39, 0.29) is 6.54 Å². The van der Waals surface area contributed by atoms with Crippen LogP contribution in [0.25, 0.3) is 10.4 Å². The monoisotopic (exact) mass is 175 g/mol. The summed E-state index contributed by atoms with van der Waals surface area (Å²) in [4.78, 5) is 2.45. The maximum absolute atomic E-state index is 9.14. The SMILES string of the molecule is [N-]=[N+]=NC[C@H]1OC(O)[C@H](O)[C@H]1O. The number of hydrogen-bond acceptors (Lipinski definition) is 5. The van der Waals surface area contributed by atoms with Crippen molar-refractivity contribution >= 4 is 0 Å². The molecule has 4 atom stereocenters. The third-order valence-electron chi connectivity index (χ3n) is 1.66. The quantitative estimate of drug-likeness (QED) is 0.275. The van der Waals surface area contributed by atoms with Crippen molar-refractivity contribution in [2.45, 2.75) is 24.6 Å². The third-order valence-corrected chi connectivity index (χ3v) is 1.66. The van der Waals surface area contributed by atoms with Crippen LogP contribution in [0.4, 0.5) is 0 Å². The summed E-state index contributed by atoms with van der Waals surface area (Å²) in [5.74, 6) is 0. The molecule has 1 unspecified atom stereocenters. The normalized spacial score (nSPS) is 40.9. The lowest BCUT2D eigenvalue weighted by Gasteiger charge is -2.10.